The van der Waals surface area contributed by atoms with E-state index in [1.165, 1.54) is 0 Å². The summed E-state index contributed by atoms with van der Waals surface area (Å²) < 4.78 is 5.29. The number of ether oxygens (including phenoxy) is 1. The van der Waals surface area contributed by atoms with Crippen molar-refractivity contribution in [2.75, 3.05) is 32.8 Å². The van der Waals surface area contributed by atoms with Crippen molar-refractivity contribution in [3.63, 3.8) is 0 Å². The number of nitrogens with zero attached hydrogens (tertiary/aromatic N) is 1. The summed E-state index contributed by atoms with van der Waals surface area (Å²) in [7, 11) is 0. The van der Waals surface area contributed by atoms with Crippen LogP contribution in [0.2, 0.25) is 0 Å². The lowest BCUT2D eigenvalue weighted by Crippen LogP contribution is -2.36. The van der Waals surface area contributed by atoms with Crippen molar-refractivity contribution in [1.82, 2.24) is 4.90 Å². The van der Waals surface area contributed by atoms with E-state index in [1.807, 2.05) is 0 Å². The van der Waals surface area contributed by atoms with Gasteiger partial charge in [0, 0.05) is 26.1 Å². The Morgan fingerprint density at radius 1 is 1.38 bits per heavy atom. The monoisotopic (exact) mass is 225 g/mol. The largest absolute Gasteiger partial charge is 0.379 e. The second-order valence-electron chi connectivity index (χ2n) is 5.18. The molecule has 1 aliphatic rings. The van der Waals surface area contributed by atoms with Gasteiger partial charge < -0.3 is 4.74 Å². The van der Waals surface area contributed by atoms with Gasteiger partial charge in [0.15, 0.2) is 0 Å². The highest BCUT2D eigenvalue weighted by molar-refractivity contribution is 5.76. The van der Waals surface area contributed by atoms with Gasteiger partial charge >= 0.3 is 0 Å². The van der Waals surface area contributed by atoms with Gasteiger partial charge in [0.05, 0.1) is 13.2 Å². The molecule has 1 fully saturated rings. The van der Waals surface area contributed by atoms with Crippen LogP contribution in [-0.4, -0.2) is 43.5 Å². The number of carbonyl (C=O) groups is 1. The third-order valence-corrected chi connectivity index (χ3v) is 2.74. The van der Waals surface area contributed by atoms with E-state index in [4.69, 9.17) is 4.74 Å². The fourth-order valence-corrected chi connectivity index (χ4v) is 2.01. The Labute approximate surface area is 98.5 Å². The number of rotatable bonds is 5. The molecule has 1 rings (SSSR count). The number of hydrogen-bond donors (Lipinski definition) is 0. The average Bonchev–Trinajstić information content (AvgIpc) is 2.16. The SMILES string of the molecule is CC(=O)CC(C)(C)/C=C\CN1CCOCC1. The van der Waals surface area contributed by atoms with Crippen LogP contribution in [-0.2, 0) is 9.53 Å². The zero-order chi connectivity index (χ0) is 12.0. The maximum Gasteiger partial charge on any atom is 0.130 e. The van der Waals surface area contributed by atoms with Gasteiger partial charge in [-0.05, 0) is 12.3 Å². The van der Waals surface area contributed by atoms with Gasteiger partial charge in [-0.15, -0.1) is 0 Å². The molecule has 0 unspecified atom stereocenters. The third kappa shape index (κ3) is 5.42. The molecule has 0 spiro atoms. The minimum absolute atomic E-state index is 0.0158. The van der Waals surface area contributed by atoms with Crippen molar-refractivity contribution in [3.05, 3.63) is 12.2 Å². The molecule has 0 aliphatic carbocycles. The lowest BCUT2D eigenvalue weighted by molar-refractivity contribution is -0.118. The first-order valence-electron chi connectivity index (χ1n) is 5.97. The lowest BCUT2D eigenvalue weighted by Gasteiger charge is -2.26. The van der Waals surface area contributed by atoms with Crippen LogP contribution in [0.5, 0.6) is 0 Å². The number of ketones is 1. The average molecular weight is 225 g/mol. The van der Waals surface area contributed by atoms with Crippen molar-refractivity contribution >= 4 is 5.78 Å². The number of Topliss-reactive ketones (excluding diaryl/α,β-unsaturated/α-hetero) is 1. The molecule has 0 aromatic heterocycles. The third-order valence-electron chi connectivity index (χ3n) is 2.74. The summed E-state index contributed by atoms with van der Waals surface area (Å²) in [5, 5.41) is 0. The summed E-state index contributed by atoms with van der Waals surface area (Å²) in [4.78, 5) is 13.4. The van der Waals surface area contributed by atoms with Crippen molar-refractivity contribution in [2.24, 2.45) is 5.41 Å². The quantitative estimate of drug-likeness (QED) is 0.669. The number of morpholine rings is 1. The van der Waals surface area contributed by atoms with Crippen molar-refractivity contribution < 1.29 is 9.53 Å². The molecule has 0 amide bonds. The van der Waals surface area contributed by atoms with E-state index in [0.717, 1.165) is 32.8 Å². The highest BCUT2D eigenvalue weighted by Gasteiger charge is 2.16. The van der Waals surface area contributed by atoms with E-state index in [2.05, 4.69) is 30.9 Å². The van der Waals surface area contributed by atoms with Gasteiger partial charge in [-0.2, -0.15) is 0 Å². The molecule has 92 valence electrons. The molecule has 1 heterocycles. The van der Waals surface area contributed by atoms with Crippen molar-refractivity contribution in [1.29, 1.82) is 0 Å². The Morgan fingerprint density at radius 2 is 2.00 bits per heavy atom. The Morgan fingerprint density at radius 3 is 2.56 bits per heavy atom. The first kappa shape index (κ1) is 13.4. The van der Waals surface area contributed by atoms with Crippen LogP contribution in [0.25, 0.3) is 0 Å². The van der Waals surface area contributed by atoms with Gasteiger partial charge in [-0.1, -0.05) is 26.0 Å². The van der Waals surface area contributed by atoms with Crippen LogP contribution in [0, 0.1) is 5.41 Å². The van der Waals surface area contributed by atoms with Gasteiger partial charge in [-0.3, -0.25) is 9.69 Å². The second kappa shape index (κ2) is 6.16. The van der Waals surface area contributed by atoms with Crippen molar-refractivity contribution in [3.8, 4) is 0 Å². The van der Waals surface area contributed by atoms with Crippen LogP contribution in [0.4, 0.5) is 0 Å². The molecule has 0 aromatic rings. The maximum atomic E-state index is 11.1. The number of hydrogen-bond acceptors (Lipinski definition) is 3. The molecule has 16 heavy (non-hydrogen) atoms. The summed E-state index contributed by atoms with van der Waals surface area (Å²) in [5.74, 6) is 0.251. The predicted molar refractivity (Wildman–Crippen MR) is 65.5 cm³/mol. The van der Waals surface area contributed by atoms with Crippen LogP contribution >= 0.6 is 0 Å². The zero-order valence-electron chi connectivity index (χ0n) is 10.7. The van der Waals surface area contributed by atoms with Crippen LogP contribution in [0.3, 0.4) is 0 Å². The van der Waals surface area contributed by atoms with Gasteiger partial charge in [0.1, 0.15) is 5.78 Å². The molecule has 0 N–H and O–H groups in total. The van der Waals surface area contributed by atoms with Crippen LogP contribution in [0.15, 0.2) is 12.2 Å². The van der Waals surface area contributed by atoms with Crippen LogP contribution < -0.4 is 0 Å². The van der Waals surface area contributed by atoms with E-state index < -0.39 is 0 Å². The fourth-order valence-electron chi connectivity index (χ4n) is 2.01. The standard InChI is InChI=1S/C13H23NO2/c1-12(15)11-13(2,3)5-4-6-14-7-9-16-10-8-14/h4-5H,6-11H2,1-3H3/b5-4-. The normalized spacial score (nSPS) is 19.2. The molecule has 0 saturated carbocycles. The van der Waals surface area contributed by atoms with Crippen molar-refractivity contribution in [2.45, 2.75) is 27.2 Å². The summed E-state index contributed by atoms with van der Waals surface area (Å²) in [5.41, 5.74) is -0.0158. The first-order chi connectivity index (χ1) is 7.49. The van der Waals surface area contributed by atoms with E-state index in [0.29, 0.717) is 6.42 Å². The zero-order valence-corrected chi connectivity index (χ0v) is 10.7. The summed E-state index contributed by atoms with van der Waals surface area (Å²) in [6.45, 7) is 10.5. The predicted octanol–water partition coefficient (Wildman–Crippen LogP) is 1.88. The van der Waals surface area contributed by atoms with Gasteiger partial charge in [-0.25, -0.2) is 0 Å². The van der Waals surface area contributed by atoms with E-state index >= 15 is 0 Å². The molecule has 0 bridgehead atoms. The number of allylic oxidation sites excluding steroid dienone is 1. The summed E-state index contributed by atoms with van der Waals surface area (Å²) in [6.07, 6.45) is 4.95. The fraction of sp³-hybridized carbons (Fsp3) is 0.769. The van der Waals surface area contributed by atoms with E-state index in [1.54, 1.807) is 6.92 Å². The summed E-state index contributed by atoms with van der Waals surface area (Å²) >= 11 is 0. The minimum Gasteiger partial charge on any atom is -0.379 e. The molecule has 3 nitrogen and oxygen atoms in total. The lowest BCUT2D eigenvalue weighted by atomic mass is 9.87. The molecule has 0 aromatic carbocycles. The topological polar surface area (TPSA) is 29.5 Å². The smallest absolute Gasteiger partial charge is 0.130 e. The second-order valence-corrected chi connectivity index (χ2v) is 5.18. The molecular weight excluding hydrogens is 202 g/mol. The Kier molecular flexibility index (Phi) is 5.16. The Hall–Kier alpha value is -0.670. The Bertz CT molecular complexity index is 253. The Balaban J connectivity index is 2.31. The molecule has 0 radical (unpaired) electrons. The molecule has 1 aliphatic heterocycles. The van der Waals surface area contributed by atoms with E-state index in [9.17, 15) is 4.79 Å². The summed E-state index contributed by atoms with van der Waals surface area (Å²) in [6, 6.07) is 0. The molecule has 0 atom stereocenters. The first-order valence-corrected chi connectivity index (χ1v) is 5.97. The highest BCUT2D eigenvalue weighted by Crippen LogP contribution is 2.22. The van der Waals surface area contributed by atoms with Gasteiger partial charge in [0.25, 0.3) is 0 Å². The molecular formula is C13H23NO2. The highest BCUT2D eigenvalue weighted by atomic mass is 16.5. The minimum atomic E-state index is -0.0158. The van der Waals surface area contributed by atoms with Gasteiger partial charge in [0.2, 0.25) is 0 Å². The van der Waals surface area contributed by atoms with E-state index in [-0.39, 0.29) is 11.2 Å². The number of carbonyl (C=O) groups excluding carboxylic acids is 1. The maximum absolute atomic E-state index is 11.1. The molecule has 3 heteroatoms. The molecule has 1 saturated heterocycles. The van der Waals surface area contributed by atoms with Crippen LogP contribution in [0.1, 0.15) is 27.2 Å².